The second kappa shape index (κ2) is 10.2. The van der Waals surface area contributed by atoms with Crippen LogP contribution >= 0.6 is 46.4 Å². The monoisotopic (exact) mass is 546 g/mol. The molecule has 0 aliphatic rings. The molecule has 0 bridgehead atoms. The lowest BCUT2D eigenvalue weighted by Gasteiger charge is -2.09. The lowest BCUT2D eigenvalue weighted by Crippen LogP contribution is -2.02. The number of ketones is 2. The molecule has 35 heavy (non-hydrogen) atoms. The Morgan fingerprint density at radius 3 is 1.09 bits per heavy atom. The van der Waals surface area contributed by atoms with E-state index in [0.717, 1.165) is 0 Å². The van der Waals surface area contributed by atoms with Crippen LogP contribution in [0.4, 0.5) is 0 Å². The molecular weight excluding hydrogens is 534 g/mol. The number of carbonyl (C=O) groups excluding carboxylic acids is 2. The summed E-state index contributed by atoms with van der Waals surface area (Å²) in [7, 11) is 0. The van der Waals surface area contributed by atoms with Crippen molar-refractivity contribution in [3.05, 3.63) is 115 Å². The van der Waals surface area contributed by atoms with Gasteiger partial charge in [-0.15, -0.1) is 0 Å². The molecule has 0 radical (unpaired) electrons. The van der Waals surface area contributed by atoms with Crippen LogP contribution in [0.15, 0.2) is 72.8 Å². The van der Waals surface area contributed by atoms with Crippen LogP contribution in [-0.2, 0) is 0 Å². The van der Waals surface area contributed by atoms with Gasteiger partial charge in [-0.1, -0.05) is 46.4 Å². The van der Waals surface area contributed by atoms with Gasteiger partial charge in [0.05, 0.1) is 20.1 Å². The maximum absolute atomic E-state index is 12.7. The molecule has 2 N–H and O–H groups in total. The van der Waals surface area contributed by atoms with Crippen molar-refractivity contribution >= 4 is 58.0 Å². The van der Waals surface area contributed by atoms with Crippen LogP contribution in [-0.4, -0.2) is 21.8 Å². The molecule has 0 amide bonds. The third-order valence-electron chi connectivity index (χ3n) is 5.03. The molecule has 0 spiro atoms. The first-order valence-electron chi connectivity index (χ1n) is 9.97. The lowest BCUT2D eigenvalue weighted by molar-refractivity contribution is 0.103. The van der Waals surface area contributed by atoms with E-state index in [1.807, 2.05) is 0 Å². The Kier molecular flexibility index (Phi) is 7.24. The van der Waals surface area contributed by atoms with Crippen LogP contribution in [0.25, 0.3) is 0 Å². The Balaban J connectivity index is 1.47. The maximum Gasteiger partial charge on any atom is 0.193 e. The highest BCUT2D eigenvalue weighted by Crippen LogP contribution is 2.35. The van der Waals surface area contributed by atoms with E-state index in [0.29, 0.717) is 22.6 Å². The van der Waals surface area contributed by atoms with Gasteiger partial charge in [0.2, 0.25) is 0 Å². The average Bonchev–Trinajstić information content (AvgIpc) is 2.85. The third kappa shape index (κ3) is 5.39. The van der Waals surface area contributed by atoms with Gasteiger partial charge in [0.25, 0.3) is 0 Å². The molecule has 0 aromatic heterocycles. The second-order valence-corrected chi connectivity index (χ2v) is 9.01. The molecule has 0 aliphatic carbocycles. The highest BCUT2D eigenvalue weighted by molar-refractivity contribution is 6.38. The number of phenolic OH excluding ortho intramolecular Hbond substituents is 2. The average molecular weight is 548 g/mol. The lowest BCUT2D eigenvalue weighted by atomic mass is 10.0. The van der Waals surface area contributed by atoms with Crippen molar-refractivity contribution in [1.29, 1.82) is 0 Å². The molecule has 0 saturated heterocycles. The molecule has 0 atom stereocenters. The predicted molar refractivity (Wildman–Crippen MR) is 136 cm³/mol. The fourth-order valence-corrected chi connectivity index (χ4v) is 4.19. The first-order chi connectivity index (χ1) is 16.6. The summed E-state index contributed by atoms with van der Waals surface area (Å²) in [5.41, 5.74) is 1.23. The molecule has 0 aliphatic heterocycles. The minimum atomic E-state index is -0.322. The largest absolute Gasteiger partial charge is 0.505 e. The molecule has 0 heterocycles. The van der Waals surface area contributed by atoms with Crippen molar-refractivity contribution in [2.75, 3.05) is 0 Å². The van der Waals surface area contributed by atoms with Gasteiger partial charge in [-0.3, -0.25) is 9.59 Å². The van der Waals surface area contributed by atoms with Crippen LogP contribution in [0.5, 0.6) is 23.0 Å². The normalized spacial score (nSPS) is 10.7. The van der Waals surface area contributed by atoms with Gasteiger partial charge < -0.3 is 14.9 Å². The van der Waals surface area contributed by atoms with E-state index >= 15 is 0 Å². The maximum atomic E-state index is 12.7. The van der Waals surface area contributed by atoms with Crippen molar-refractivity contribution in [2.24, 2.45) is 0 Å². The number of aromatic hydroxyl groups is 2. The minimum Gasteiger partial charge on any atom is -0.505 e. The zero-order valence-electron chi connectivity index (χ0n) is 17.6. The standard InChI is InChI=1S/C26H14Cl4O5/c27-19-9-15(10-20(28)25(19)33)23(31)13-1-5-17(6-2-13)35-18-7-3-14(4-8-18)24(32)16-11-21(29)26(34)22(30)12-16/h1-12,33-34H. The molecule has 4 aromatic rings. The van der Waals surface area contributed by atoms with E-state index in [4.69, 9.17) is 51.1 Å². The fraction of sp³-hybridized carbons (Fsp3) is 0. The van der Waals surface area contributed by atoms with E-state index in [2.05, 4.69) is 0 Å². The summed E-state index contributed by atoms with van der Waals surface area (Å²) in [6.07, 6.45) is 0. The van der Waals surface area contributed by atoms with E-state index in [1.165, 1.54) is 24.3 Å². The number of benzene rings is 4. The Bertz CT molecular complexity index is 1290. The number of hydrogen-bond donors (Lipinski definition) is 2. The smallest absolute Gasteiger partial charge is 0.193 e. The Labute approximate surface area is 220 Å². The summed E-state index contributed by atoms with van der Waals surface area (Å²) in [5.74, 6) is -0.261. The summed E-state index contributed by atoms with van der Waals surface area (Å²) in [6.45, 7) is 0. The first kappa shape index (κ1) is 24.9. The second-order valence-electron chi connectivity index (χ2n) is 7.39. The zero-order valence-corrected chi connectivity index (χ0v) is 20.6. The molecular formula is C26H14Cl4O5. The van der Waals surface area contributed by atoms with E-state index < -0.39 is 0 Å². The summed E-state index contributed by atoms with van der Waals surface area (Å²) in [4.78, 5) is 25.4. The minimum absolute atomic E-state index is 0.0145. The van der Waals surface area contributed by atoms with Gasteiger partial charge in [-0.25, -0.2) is 0 Å². The third-order valence-corrected chi connectivity index (χ3v) is 6.18. The molecule has 5 nitrogen and oxygen atoms in total. The van der Waals surface area contributed by atoms with Gasteiger partial charge in [-0.2, -0.15) is 0 Å². The number of carbonyl (C=O) groups is 2. The Hall–Kier alpha value is -3.22. The van der Waals surface area contributed by atoms with Crippen LogP contribution < -0.4 is 4.74 Å². The van der Waals surface area contributed by atoms with Gasteiger partial charge in [0.1, 0.15) is 11.5 Å². The number of phenols is 2. The molecule has 0 fully saturated rings. The highest BCUT2D eigenvalue weighted by Gasteiger charge is 2.16. The van der Waals surface area contributed by atoms with E-state index in [1.54, 1.807) is 48.5 Å². The van der Waals surface area contributed by atoms with Gasteiger partial charge in [0.15, 0.2) is 23.1 Å². The van der Waals surface area contributed by atoms with Crippen LogP contribution in [0.3, 0.4) is 0 Å². The topological polar surface area (TPSA) is 83.8 Å². The quantitative estimate of drug-likeness (QED) is 0.239. The van der Waals surface area contributed by atoms with Crippen molar-refractivity contribution in [3.8, 4) is 23.0 Å². The molecule has 0 unspecified atom stereocenters. The Morgan fingerprint density at radius 1 is 0.514 bits per heavy atom. The Morgan fingerprint density at radius 2 is 0.800 bits per heavy atom. The van der Waals surface area contributed by atoms with Gasteiger partial charge in [0, 0.05) is 22.3 Å². The number of halogens is 4. The van der Waals surface area contributed by atoms with Crippen molar-refractivity contribution in [2.45, 2.75) is 0 Å². The van der Waals surface area contributed by atoms with Gasteiger partial charge in [-0.05, 0) is 72.8 Å². The van der Waals surface area contributed by atoms with Crippen LogP contribution in [0, 0.1) is 0 Å². The summed E-state index contributed by atoms with van der Waals surface area (Å²) in [6, 6.07) is 18.2. The number of rotatable bonds is 6. The predicted octanol–water partition coefficient (Wildman–Crippen LogP) is 7.97. The molecule has 4 rings (SSSR count). The van der Waals surface area contributed by atoms with Crippen LogP contribution in [0.2, 0.25) is 20.1 Å². The molecule has 176 valence electrons. The van der Waals surface area contributed by atoms with E-state index in [9.17, 15) is 19.8 Å². The van der Waals surface area contributed by atoms with Crippen molar-refractivity contribution < 1.29 is 24.5 Å². The number of hydrogen-bond acceptors (Lipinski definition) is 5. The summed E-state index contributed by atoms with van der Waals surface area (Å²) < 4.78 is 5.79. The highest BCUT2D eigenvalue weighted by atomic mass is 35.5. The summed E-state index contributed by atoms with van der Waals surface area (Å²) in [5, 5.41) is 19.3. The van der Waals surface area contributed by atoms with Crippen LogP contribution in [0.1, 0.15) is 31.8 Å². The zero-order chi connectivity index (χ0) is 25.3. The molecule has 9 heteroatoms. The van der Waals surface area contributed by atoms with Crippen molar-refractivity contribution in [3.63, 3.8) is 0 Å². The molecule has 0 saturated carbocycles. The summed E-state index contributed by atoms with van der Waals surface area (Å²) >= 11 is 23.6. The number of ether oxygens (including phenoxy) is 1. The van der Waals surface area contributed by atoms with Crippen molar-refractivity contribution in [1.82, 2.24) is 0 Å². The van der Waals surface area contributed by atoms with Gasteiger partial charge >= 0.3 is 0 Å². The first-order valence-corrected chi connectivity index (χ1v) is 11.5. The molecule has 4 aromatic carbocycles. The SMILES string of the molecule is O=C(c1ccc(Oc2ccc(C(=O)c3cc(Cl)c(O)c(Cl)c3)cc2)cc1)c1cc(Cl)c(O)c(Cl)c1. The van der Waals surface area contributed by atoms with E-state index in [-0.39, 0.29) is 54.3 Å². The fourth-order valence-electron chi connectivity index (χ4n) is 3.21.